The largest absolute Gasteiger partial charge is 0.493 e. The molecule has 0 saturated heterocycles. The van der Waals surface area contributed by atoms with Crippen LogP contribution in [0, 0.1) is 6.92 Å². The Kier molecular flexibility index (Phi) is 6.32. The highest BCUT2D eigenvalue weighted by Crippen LogP contribution is 2.33. The number of rotatable bonds is 8. The van der Waals surface area contributed by atoms with Crippen molar-refractivity contribution in [3.63, 3.8) is 0 Å². The summed E-state index contributed by atoms with van der Waals surface area (Å²) in [5.41, 5.74) is 4.49. The van der Waals surface area contributed by atoms with Crippen LogP contribution in [0.3, 0.4) is 0 Å². The summed E-state index contributed by atoms with van der Waals surface area (Å²) in [6, 6.07) is 11.8. The Labute approximate surface area is 189 Å². The molecule has 0 spiro atoms. The zero-order valence-electron chi connectivity index (χ0n) is 17.5. The lowest BCUT2D eigenvalue weighted by Gasteiger charge is -2.14. The Hall–Kier alpha value is -3.19. The number of ether oxygens (including phenoxy) is 2. The van der Waals surface area contributed by atoms with Gasteiger partial charge in [0, 0.05) is 36.2 Å². The van der Waals surface area contributed by atoms with E-state index >= 15 is 0 Å². The third-order valence-corrected chi connectivity index (χ3v) is 5.57. The van der Waals surface area contributed by atoms with Gasteiger partial charge in [0.1, 0.15) is 16.1 Å². The highest BCUT2D eigenvalue weighted by atomic mass is 79.9. The Morgan fingerprint density at radius 2 is 1.94 bits per heavy atom. The zero-order valence-corrected chi connectivity index (χ0v) is 19.1. The van der Waals surface area contributed by atoms with Crippen molar-refractivity contribution >= 4 is 32.9 Å². The predicted octanol–water partition coefficient (Wildman–Crippen LogP) is 5.59. The Morgan fingerprint density at radius 3 is 2.77 bits per heavy atom. The number of aromatic nitrogens is 4. The van der Waals surface area contributed by atoms with E-state index in [9.17, 15) is 0 Å². The van der Waals surface area contributed by atoms with Crippen molar-refractivity contribution in [2.75, 3.05) is 13.2 Å². The summed E-state index contributed by atoms with van der Waals surface area (Å²) in [6.07, 6.45) is 6.13. The molecule has 0 N–H and O–H groups in total. The van der Waals surface area contributed by atoms with Crippen LogP contribution in [0.5, 0.6) is 11.5 Å². The van der Waals surface area contributed by atoms with Crippen LogP contribution in [0.4, 0.5) is 0 Å². The van der Waals surface area contributed by atoms with Crippen LogP contribution in [0.2, 0.25) is 0 Å². The van der Waals surface area contributed by atoms with Crippen LogP contribution in [0.25, 0.3) is 28.2 Å². The maximum absolute atomic E-state index is 6.13. The van der Waals surface area contributed by atoms with Crippen molar-refractivity contribution in [2.45, 2.75) is 13.3 Å². The minimum atomic E-state index is 0.509. The summed E-state index contributed by atoms with van der Waals surface area (Å²) in [5.74, 6) is 1.57. The lowest BCUT2D eigenvalue weighted by Crippen LogP contribution is -2.07. The second kappa shape index (κ2) is 9.31. The molecule has 158 valence electrons. The van der Waals surface area contributed by atoms with Crippen molar-refractivity contribution in [2.24, 2.45) is 7.05 Å². The highest BCUT2D eigenvalue weighted by molar-refractivity contribution is 9.10. The number of fused-ring (bicyclic) bond motifs is 1. The number of pyridine rings is 2. The van der Waals surface area contributed by atoms with E-state index in [1.54, 1.807) is 17.0 Å². The number of benzene rings is 1. The van der Waals surface area contributed by atoms with Gasteiger partial charge in [0.2, 0.25) is 0 Å². The SMILES string of the molecule is C=Cc1ccccc1OCCCOc1c(-c2cc3c(Br)nn(C)c3cn2)ccnc1C. The summed E-state index contributed by atoms with van der Waals surface area (Å²) in [7, 11) is 1.90. The predicted molar refractivity (Wildman–Crippen MR) is 126 cm³/mol. The first-order valence-electron chi connectivity index (χ1n) is 9.99. The molecule has 0 atom stereocenters. The number of nitrogens with zero attached hydrogens (tertiary/aromatic N) is 4. The lowest BCUT2D eigenvalue weighted by molar-refractivity contribution is 0.246. The average Bonchev–Trinajstić information content (AvgIpc) is 3.07. The van der Waals surface area contributed by atoms with Gasteiger partial charge in [-0.25, -0.2) is 0 Å². The highest BCUT2D eigenvalue weighted by Gasteiger charge is 2.14. The van der Waals surface area contributed by atoms with Gasteiger partial charge in [0.15, 0.2) is 0 Å². The maximum Gasteiger partial charge on any atom is 0.149 e. The molecule has 4 aromatic rings. The van der Waals surface area contributed by atoms with Gasteiger partial charge in [-0.1, -0.05) is 30.9 Å². The van der Waals surface area contributed by atoms with E-state index in [0.29, 0.717) is 13.2 Å². The molecular weight excluding hydrogens is 456 g/mol. The first-order valence-corrected chi connectivity index (χ1v) is 10.8. The first kappa shape index (κ1) is 21.1. The minimum Gasteiger partial charge on any atom is -0.493 e. The molecule has 0 radical (unpaired) electrons. The Bertz CT molecular complexity index is 1240. The molecular formula is C24H23BrN4O2. The number of halogens is 1. The molecule has 4 rings (SSSR count). The third kappa shape index (κ3) is 4.46. The molecule has 0 unspecified atom stereocenters. The molecule has 0 aliphatic rings. The van der Waals surface area contributed by atoms with Gasteiger partial charge < -0.3 is 9.47 Å². The molecule has 31 heavy (non-hydrogen) atoms. The van der Waals surface area contributed by atoms with Gasteiger partial charge in [0.05, 0.1) is 36.3 Å². The topological polar surface area (TPSA) is 62.1 Å². The fourth-order valence-corrected chi connectivity index (χ4v) is 3.95. The molecule has 0 bridgehead atoms. The van der Waals surface area contributed by atoms with E-state index in [1.165, 1.54) is 0 Å². The van der Waals surface area contributed by atoms with Crippen molar-refractivity contribution in [1.29, 1.82) is 0 Å². The van der Waals surface area contributed by atoms with E-state index < -0.39 is 0 Å². The van der Waals surface area contributed by atoms with Crippen molar-refractivity contribution in [1.82, 2.24) is 19.7 Å². The standard InChI is InChI=1S/C24H23BrN4O2/c1-4-17-8-5-6-9-22(17)30-12-7-13-31-23-16(2)26-11-10-18(23)20-14-19-21(15-27-20)29(3)28-24(19)25/h4-6,8-11,14-15H,1,7,12-13H2,2-3H3. The Balaban J connectivity index is 1.47. The van der Waals surface area contributed by atoms with Crippen LogP contribution in [-0.2, 0) is 7.05 Å². The molecule has 3 heterocycles. The minimum absolute atomic E-state index is 0.509. The van der Waals surface area contributed by atoms with Gasteiger partial charge in [-0.05, 0) is 41.1 Å². The molecule has 0 amide bonds. The normalized spacial score (nSPS) is 10.9. The Morgan fingerprint density at radius 1 is 1.13 bits per heavy atom. The van der Waals surface area contributed by atoms with E-state index in [0.717, 1.165) is 55.9 Å². The van der Waals surface area contributed by atoms with Gasteiger partial charge in [0.25, 0.3) is 0 Å². The van der Waals surface area contributed by atoms with E-state index in [4.69, 9.17) is 9.47 Å². The first-order chi connectivity index (χ1) is 15.1. The summed E-state index contributed by atoms with van der Waals surface area (Å²) >= 11 is 3.52. The quantitative estimate of drug-likeness (QED) is 0.308. The van der Waals surface area contributed by atoms with Crippen molar-refractivity contribution < 1.29 is 9.47 Å². The average molecular weight is 479 g/mol. The van der Waals surface area contributed by atoms with Gasteiger partial charge in [-0.2, -0.15) is 5.10 Å². The second-order valence-corrected chi connectivity index (χ2v) is 7.82. The third-order valence-electron chi connectivity index (χ3n) is 4.98. The molecule has 0 saturated carbocycles. The number of para-hydroxylation sites is 1. The van der Waals surface area contributed by atoms with Gasteiger partial charge in [-0.15, -0.1) is 0 Å². The number of hydrogen-bond acceptors (Lipinski definition) is 5. The van der Waals surface area contributed by atoms with Gasteiger partial charge in [-0.3, -0.25) is 14.6 Å². The molecule has 0 aliphatic heterocycles. The number of hydrogen-bond donors (Lipinski definition) is 0. The molecule has 0 fully saturated rings. The van der Waals surface area contributed by atoms with Gasteiger partial charge >= 0.3 is 0 Å². The summed E-state index contributed by atoms with van der Waals surface area (Å²) < 4.78 is 14.6. The van der Waals surface area contributed by atoms with Crippen molar-refractivity contribution in [3.8, 4) is 22.8 Å². The lowest BCUT2D eigenvalue weighted by atomic mass is 10.1. The van der Waals surface area contributed by atoms with Crippen LogP contribution in [0.15, 0.2) is 60.0 Å². The number of aryl methyl sites for hydroxylation is 2. The fourth-order valence-electron chi connectivity index (χ4n) is 3.39. The van der Waals surface area contributed by atoms with Crippen molar-refractivity contribution in [3.05, 3.63) is 71.2 Å². The summed E-state index contributed by atoms with van der Waals surface area (Å²) in [4.78, 5) is 9.03. The van der Waals surface area contributed by atoms with Crippen LogP contribution < -0.4 is 9.47 Å². The summed E-state index contributed by atoms with van der Waals surface area (Å²) in [6.45, 7) is 6.82. The molecule has 1 aromatic carbocycles. The summed E-state index contributed by atoms with van der Waals surface area (Å²) in [5, 5.41) is 5.40. The second-order valence-electron chi connectivity index (χ2n) is 7.07. The molecule has 3 aromatic heterocycles. The molecule has 0 aliphatic carbocycles. The monoisotopic (exact) mass is 478 g/mol. The van der Waals surface area contributed by atoms with E-state index in [2.05, 4.69) is 37.6 Å². The van der Waals surface area contributed by atoms with Crippen LogP contribution in [-0.4, -0.2) is 33.0 Å². The van der Waals surface area contributed by atoms with E-state index in [1.807, 2.05) is 56.6 Å². The van der Waals surface area contributed by atoms with Crippen LogP contribution >= 0.6 is 15.9 Å². The molecule has 6 nitrogen and oxygen atoms in total. The fraction of sp³-hybridized carbons (Fsp3) is 0.208. The van der Waals surface area contributed by atoms with E-state index in [-0.39, 0.29) is 0 Å². The molecule has 7 heteroatoms. The zero-order chi connectivity index (χ0) is 21.8. The smallest absolute Gasteiger partial charge is 0.149 e. The maximum atomic E-state index is 6.13. The van der Waals surface area contributed by atoms with Crippen LogP contribution in [0.1, 0.15) is 17.7 Å².